The van der Waals surface area contributed by atoms with E-state index in [0.717, 1.165) is 23.6 Å². The summed E-state index contributed by atoms with van der Waals surface area (Å²) in [5, 5.41) is 0. The number of nitrogens with two attached hydrogens (primary N) is 1. The minimum absolute atomic E-state index is 0.368. The first-order valence-corrected chi connectivity index (χ1v) is 5.31. The summed E-state index contributed by atoms with van der Waals surface area (Å²) >= 11 is 0. The normalized spacial score (nSPS) is 24.6. The molecule has 1 fully saturated rings. The Labute approximate surface area is 92.5 Å². The number of hydrogen-bond acceptors (Lipinski definition) is 1. The van der Waals surface area contributed by atoms with Crippen LogP contribution in [0.5, 0.6) is 0 Å². The van der Waals surface area contributed by atoms with Gasteiger partial charge < -0.3 is 5.73 Å². The van der Waals surface area contributed by atoms with Crippen LogP contribution in [0.25, 0.3) is 0 Å². The van der Waals surface area contributed by atoms with Gasteiger partial charge in [-0.25, -0.2) is 0 Å². The van der Waals surface area contributed by atoms with Crippen molar-refractivity contribution in [2.45, 2.75) is 25.4 Å². The molecule has 0 aliphatic heterocycles. The fraction of sp³-hybridized carbons (Fsp3) is 0.500. The van der Waals surface area contributed by atoms with Gasteiger partial charge in [0.2, 0.25) is 0 Å². The average molecular weight is 229 g/mol. The van der Waals surface area contributed by atoms with Crippen LogP contribution in [0.15, 0.2) is 18.2 Å². The van der Waals surface area contributed by atoms with Crippen molar-refractivity contribution in [2.24, 2.45) is 11.7 Å². The first-order valence-electron chi connectivity index (χ1n) is 5.31. The minimum Gasteiger partial charge on any atom is -0.330 e. The molecule has 2 atom stereocenters. The standard InChI is InChI=1S/C12H14F3N/c1-7-4-9(12(13,14)15)2-3-10(7)11-5-8(11)6-16/h2-4,8,11H,5-6,16H2,1H3/t8-,11+/m0/s1. The van der Waals surface area contributed by atoms with Gasteiger partial charge in [0.25, 0.3) is 0 Å². The van der Waals surface area contributed by atoms with E-state index in [1.807, 2.05) is 0 Å². The van der Waals surface area contributed by atoms with Gasteiger partial charge in [-0.3, -0.25) is 0 Å². The summed E-state index contributed by atoms with van der Waals surface area (Å²) in [4.78, 5) is 0. The molecule has 1 nitrogen and oxygen atoms in total. The summed E-state index contributed by atoms with van der Waals surface area (Å²) in [6.07, 6.45) is -3.25. The molecule has 1 aromatic carbocycles. The first-order chi connectivity index (χ1) is 7.43. The summed E-state index contributed by atoms with van der Waals surface area (Å²) in [6, 6.07) is 3.98. The van der Waals surface area contributed by atoms with E-state index in [-0.39, 0.29) is 0 Å². The van der Waals surface area contributed by atoms with Crippen molar-refractivity contribution >= 4 is 0 Å². The molecule has 16 heavy (non-hydrogen) atoms. The van der Waals surface area contributed by atoms with E-state index in [0.29, 0.717) is 18.4 Å². The van der Waals surface area contributed by atoms with Crippen molar-refractivity contribution in [2.75, 3.05) is 6.54 Å². The van der Waals surface area contributed by atoms with Gasteiger partial charge in [-0.2, -0.15) is 13.2 Å². The third-order valence-corrected chi connectivity index (χ3v) is 3.22. The second kappa shape index (κ2) is 3.77. The Hall–Kier alpha value is -1.03. The quantitative estimate of drug-likeness (QED) is 0.828. The zero-order chi connectivity index (χ0) is 11.9. The van der Waals surface area contributed by atoms with Crippen LogP contribution in [0.3, 0.4) is 0 Å². The Morgan fingerprint density at radius 1 is 1.38 bits per heavy atom. The van der Waals surface area contributed by atoms with E-state index in [1.54, 1.807) is 13.0 Å². The van der Waals surface area contributed by atoms with E-state index in [9.17, 15) is 13.2 Å². The Balaban J connectivity index is 2.25. The molecule has 1 saturated carbocycles. The average Bonchev–Trinajstić information content (AvgIpc) is 2.95. The molecule has 0 unspecified atom stereocenters. The zero-order valence-electron chi connectivity index (χ0n) is 9.01. The van der Waals surface area contributed by atoms with E-state index in [4.69, 9.17) is 5.73 Å². The summed E-state index contributed by atoms with van der Waals surface area (Å²) in [7, 11) is 0. The third-order valence-electron chi connectivity index (χ3n) is 3.22. The van der Waals surface area contributed by atoms with Gasteiger partial charge in [-0.1, -0.05) is 6.07 Å². The molecule has 4 heteroatoms. The smallest absolute Gasteiger partial charge is 0.330 e. The lowest BCUT2D eigenvalue weighted by Crippen LogP contribution is -2.06. The topological polar surface area (TPSA) is 26.0 Å². The van der Waals surface area contributed by atoms with E-state index < -0.39 is 11.7 Å². The van der Waals surface area contributed by atoms with Crippen molar-refractivity contribution in [1.82, 2.24) is 0 Å². The molecule has 0 spiro atoms. The number of benzene rings is 1. The highest BCUT2D eigenvalue weighted by Gasteiger charge is 2.38. The molecule has 0 saturated heterocycles. The maximum Gasteiger partial charge on any atom is 0.416 e. The molecular weight excluding hydrogens is 215 g/mol. The van der Waals surface area contributed by atoms with Crippen LogP contribution < -0.4 is 5.73 Å². The van der Waals surface area contributed by atoms with Crippen molar-refractivity contribution in [3.05, 3.63) is 34.9 Å². The third kappa shape index (κ3) is 2.07. The second-order valence-electron chi connectivity index (χ2n) is 4.41. The highest BCUT2D eigenvalue weighted by atomic mass is 19.4. The van der Waals surface area contributed by atoms with E-state index in [2.05, 4.69) is 0 Å². The van der Waals surface area contributed by atoms with Crippen molar-refractivity contribution in [1.29, 1.82) is 0 Å². The molecule has 0 radical (unpaired) electrons. The Morgan fingerprint density at radius 3 is 2.50 bits per heavy atom. The van der Waals surface area contributed by atoms with Crippen molar-refractivity contribution < 1.29 is 13.2 Å². The second-order valence-corrected chi connectivity index (χ2v) is 4.41. The fourth-order valence-electron chi connectivity index (χ4n) is 2.16. The monoisotopic (exact) mass is 229 g/mol. The van der Waals surface area contributed by atoms with Crippen LogP contribution in [-0.4, -0.2) is 6.54 Å². The summed E-state index contributed by atoms with van der Waals surface area (Å²) in [5.74, 6) is 0.822. The molecular formula is C12H14F3N. The van der Waals surface area contributed by atoms with Crippen LogP contribution in [0.2, 0.25) is 0 Å². The molecule has 88 valence electrons. The summed E-state index contributed by atoms with van der Waals surface area (Å²) in [5.41, 5.74) is 6.70. The van der Waals surface area contributed by atoms with Crippen LogP contribution in [0.4, 0.5) is 13.2 Å². The number of hydrogen-bond donors (Lipinski definition) is 1. The molecule has 1 aliphatic carbocycles. The molecule has 2 rings (SSSR count). The van der Waals surface area contributed by atoms with Crippen molar-refractivity contribution in [3.8, 4) is 0 Å². The SMILES string of the molecule is Cc1cc(C(F)(F)F)ccc1[C@@H]1C[C@H]1CN. The van der Waals surface area contributed by atoms with Gasteiger partial charge in [0.15, 0.2) is 0 Å². The molecule has 1 aromatic rings. The minimum atomic E-state index is -4.25. The lowest BCUT2D eigenvalue weighted by atomic mass is 10.00. The van der Waals surface area contributed by atoms with Crippen LogP contribution in [0, 0.1) is 12.8 Å². The van der Waals surface area contributed by atoms with Crippen molar-refractivity contribution in [3.63, 3.8) is 0 Å². The Morgan fingerprint density at radius 2 is 2.06 bits per heavy atom. The van der Waals surface area contributed by atoms with Gasteiger partial charge in [-0.05, 0) is 55.0 Å². The van der Waals surface area contributed by atoms with Crippen LogP contribution in [0.1, 0.15) is 29.0 Å². The molecule has 0 amide bonds. The Kier molecular flexibility index (Phi) is 2.70. The Bertz CT molecular complexity index is 398. The van der Waals surface area contributed by atoms with Gasteiger partial charge in [0.05, 0.1) is 5.56 Å². The maximum absolute atomic E-state index is 12.4. The van der Waals surface area contributed by atoms with Gasteiger partial charge >= 0.3 is 6.18 Å². The molecule has 0 bridgehead atoms. The first kappa shape index (κ1) is 11.5. The van der Waals surface area contributed by atoms with E-state index in [1.165, 1.54) is 6.07 Å². The predicted molar refractivity (Wildman–Crippen MR) is 56.1 cm³/mol. The van der Waals surface area contributed by atoms with Gasteiger partial charge in [0.1, 0.15) is 0 Å². The zero-order valence-corrected chi connectivity index (χ0v) is 9.01. The number of aryl methyl sites for hydroxylation is 1. The number of rotatable bonds is 2. The molecule has 2 N–H and O–H groups in total. The number of alkyl halides is 3. The summed E-state index contributed by atoms with van der Waals surface area (Å²) < 4.78 is 37.3. The highest BCUT2D eigenvalue weighted by Crippen LogP contribution is 2.48. The van der Waals surface area contributed by atoms with Gasteiger partial charge in [-0.15, -0.1) is 0 Å². The lowest BCUT2D eigenvalue weighted by Gasteiger charge is -2.10. The van der Waals surface area contributed by atoms with E-state index >= 15 is 0 Å². The number of halogens is 3. The molecule has 1 aliphatic rings. The molecule has 0 heterocycles. The highest BCUT2D eigenvalue weighted by molar-refractivity contribution is 5.37. The lowest BCUT2D eigenvalue weighted by molar-refractivity contribution is -0.137. The maximum atomic E-state index is 12.4. The van der Waals surface area contributed by atoms with Crippen LogP contribution in [-0.2, 0) is 6.18 Å². The van der Waals surface area contributed by atoms with Gasteiger partial charge in [0, 0.05) is 0 Å². The predicted octanol–water partition coefficient (Wildman–Crippen LogP) is 3.08. The van der Waals surface area contributed by atoms with Crippen LogP contribution >= 0.6 is 0 Å². The largest absolute Gasteiger partial charge is 0.416 e. The summed E-state index contributed by atoms with van der Waals surface area (Å²) in [6.45, 7) is 2.35. The fourth-order valence-corrected chi connectivity index (χ4v) is 2.16. The molecule has 0 aromatic heterocycles.